The number of hydroxylamine groups is 1. The number of hydrogen-bond donors (Lipinski definition) is 3. The molecule has 1 unspecified atom stereocenters. The van der Waals surface area contributed by atoms with Gasteiger partial charge in [0.15, 0.2) is 0 Å². The Balaban J connectivity index is 2.49. The number of hydrogen-bond acceptors (Lipinski definition) is 4. The third kappa shape index (κ3) is 8.94. The van der Waals surface area contributed by atoms with Crippen molar-refractivity contribution in [3.63, 3.8) is 0 Å². The van der Waals surface area contributed by atoms with Crippen LogP contribution in [0.3, 0.4) is 0 Å². The predicted molar refractivity (Wildman–Crippen MR) is 104 cm³/mol. The number of nitrogens with zero attached hydrogens (tertiary/aromatic N) is 1. The highest BCUT2D eigenvalue weighted by atomic mass is 16.5. The van der Waals surface area contributed by atoms with Gasteiger partial charge in [0.2, 0.25) is 0 Å². The predicted octanol–water partition coefficient (Wildman–Crippen LogP) is 3.69. The van der Waals surface area contributed by atoms with E-state index < -0.39 is 5.91 Å². The molecule has 0 aromatic heterocycles. The highest BCUT2D eigenvalue weighted by Gasteiger charge is 2.04. The standard InChI is InChI=1S/C20H27N3O3/c1-15(2)6-4-7-16(3)12-13-21-22-20(25)18-9-5-8-17(14-18)10-11-19(24)23-26/h5-6,8-11,13-14,16,26H,4,7,12H2,1-3H3,(H,22,25)(H,23,24). The molecule has 0 saturated carbocycles. The SMILES string of the molecule is CC(C)=CCCC(C)CC=NNC(=O)c1cccc(C=CC(=O)NO)c1. The van der Waals surface area contributed by atoms with Gasteiger partial charge in [-0.25, -0.2) is 10.9 Å². The fourth-order valence-corrected chi connectivity index (χ4v) is 2.17. The number of amides is 2. The molecular weight excluding hydrogens is 330 g/mol. The van der Waals surface area contributed by atoms with Crippen LogP contribution in [0.15, 0.2) is 47.1 Å². The quantitative estimate of drug-likeness (QED) is 0.207. The summed E-state index contributed by atoms with van der Waals surface area (Å²) in [6.07, 6.45) is 9.56. The maximum atomic E-state index is 12.1. The van der Waals surface area contributed by atoms with Crippen LogP contribution in [0.25, 0.3) is 6.08 Å². The van der Waals surface area contributed by atoms with Crippen molar-refractivity contribution in [3.05, 3.63) is 53.1 Å². The Hall–Kier alpha value is -2.73. The molecule has 6 nitrogen and oxygen atoms in total. The van der Waals surface area contributed by atoms with Gasteiger partial charge in [-0.3, -0.25) is 14.8 Å². The smallest absolute Gasteiger partial charge is 0.271 e. The molecule has 0 aliphatic carbocycles. The van der Waals surface area contributed by atoms with Crippen molar-refractivity contribution in [3.8, 4) is 0 Å². The number of hydrazone groups is 1. The Morgan fingerprint density at radius 1 is 1.31 bits per heavy atom. The minimum absolute atomic E-state index is 0.319. The van der Waals surface area contributed by atoms with E-state index in [1.807, 2.05) is 0 Å². The summed E-state index contributed by atoms with van der Waals surface area (Å²) in [6.45, 7) is 6.34. The summed E-state index contributed by atoms with van der Waals surface area (Å²) in [5.74, 6) is -0.458. The molecule has 1 aromatic rings. The number of carbonyl (C=O) groups excluding carboxylic acids is 2. The van der Waals surface area contributed by atoms with E-state index in [4.69, 9.17) is 5.21 Å². The minimum Gasteiger partial charge on any atom is -0.288 e. The molecule has 1 aromatic carbocycles. The van der Waals surface area contributed by atoms with Crippen molar-refractivity contribution in [1.82, 2.24) is 10.9 Å². The molecule has 2 amide bonds. The molecule has 0 heterocycles. The average Bonchev–Trinajstić information content (AvgIpc) is 2.63. The van der Waals surface area contributed by atoms with Gasteiger partial charge < -0.3 is 0 Å². The van der Waals surface area contributed by atoms with Gasteiger partial charge >= 0.3 is 0 Å². The van der Waals surface area contributed by atoms with Crippen LogP contribution in [-0.2, 0) is 4.79 Å². The van der Waals surface area contributed by atoms with Crippen LogP contribution in [-0.4, -0.2) is 23.2 Å². The lowest BCUT2D eigenvalue weighted by Crippen LogP contribution is -2.17. The van der Waals surface area contributed by atoms with E-state index >= 15 is 0 Å². The molecule has 0 aliphatic rings. The largest absolute Gasteiger partial charge is 0.288 e. The topological polar surface area (TPSA) is 90.8 Å². The molecule has 6 heteroatoms. The normalized spacial score (nSPS) is 12.2. The van der Waals surface area contributed by atoms with Crippen molar-refractivity contribution >= 4 is 24.1 Å². The van der Waals surface area contributed by atoms with E-state index in [0.717, 1.165) is 19.3 Å². The van der Waals surface area contributed by atoms with Crippen molar-refractivity contribution in [2.75, 3.05) is 0 Å². The molecule has 3 N–H and O–H groups in total. The molecular formula is C20H27N3O3. The van der Waals surface area contributed by atoms with Gasteiger partial charge in [-0.1, -0.05) is 30.7 Å². The molecule has 1 rings (SSSR count). The first kappa shape index (κ1) is 21.3. The van der Waals surface area contributed by atoms with Crippen molar-refractivity contribution in [2.45, 2.75) is 40.0 Å². The van der Waals surface area contributed by atoms with Crippen LogP contribution < -0.4 is 10.9 Å². The molecule has 0 bridgehead atoms. The maximum absolute atomic E-state index is 12.1. The van der Waals surface area contributed by atoms with Gasteiger partial charge in [-0.15, -0.1) is 0 Å². The van der Waals surface area contributed by atoms with Crippen molar-refractivity contribution in [1.29, 1.82) is 0 Å². The highest BCUT2D eigenvalue weighted by Crippen LogP contribution is 2.10. The van der Waals surface area contributed by atoms with Crippen LogP contribution in [0.1, 0.15) is 56.0 Å². The van der Waals surface area contributed by atoms with Gasteiger partial charge in [-0.05, 0) is 62.8 Å². The lowest BCUT2D eigenvalue weighted by molar-refractivity contribution is -0.124. The summed E-state index contributed by atoms with van der Waals surface area (Å²) < 4.78 is 0. The molecule has 26 heavy (non-hydrogen) atoms. The van der Waals surface area contributed by atoms with Crippen LogP contribution in [0, 0.1) is 5.92 Å². The third-order valence-electron chi connectivity index (χ3n) is 3.66. The second kappa shape index (κ2) is 11.8. The van der Waals surface area contributed by atoms with Gasteiger partial charge in [0, 0.05) is 17.9 Å². The monoisotopic (exact) mass is 357 g/mol. The van der Waals surface area contributed by atoms with E-state index in [2.05, 4.69) is 37.4 Å². The fourth-order valence-electron chi connectivity index (χ4n) is 2.17. The lowest BCUT2D eigenvalue weighted by atomic mass is 10.0. The van der Waals surface area contributed by atoms with Crippen molar-refractivity contribution in [2.24, 2.45) is 11.0 Å². The van der Waals surface area contributed by atoms with E-state index in [1.54, 1.807) is 30.5 Å². The summed E-state index contributed by atoms with van der Waals surface area (Å²) in [5, 5.41) is 12.4. The third-order valence-corrected chi connectivity index (χ3v) is 3.66. The summed E-state index contributed by atoms with van der Waals surface area (Å²) in [4.78, 5) is 23.1. The molecule has 0 aliphatic heterocycles. The van der Waals surface area contributed by atoms with Gasteiger partial charge in [0.25, 0.3) is 11.8 Å². The minimum atomic E-state index is -0.636. The van der Waals surface area contributed by atoms with E-state index in [1.165, 1.54) is 23.2 Å². The summed E-state index contributed by atoms with van der Waals surface area (Å²) in [6, 6.07) is 6.75. The second-order valence-electron chi connectivity index (χ2n) is 6.39. The summed E-state index contributed by atoms with van der Waals surface area (Å²) in [7, 11) is 0. The van der Waals surface area contributed by atoms with Gasteiger partial charge in [-0.2, -0.15) is 5.10 Å². The van der Waals surface area contributed by atoms with Crippen LogP contribution in [0.2, 0.25) is 0 Å². The van der Waals surface area contributed by atoms with Crippen molar-refractivity contribution < 1.29 is 14.8 Å². The average molecular weight is 357 g/mol. The maximum Gasteiger partial charge on any atom is 0.271 e. The first-order chi connectivity index (χ1) is 12.4. The lowest BCUT2D eigenvalue weighted by Gasteiger charge is -2.06. The molecule has 0 spiro atoms. The molecule has 0 radical (unpaired) electrons. The molecule has 1 atom stereocenters. The summed E-state index contributed by atoms with van der Waals surface area (Å²) >= 11 is 0. The van der Waals surface area contributed by atoms with Crippen LogP contribution in [0.5, 0.6) is 0 Å². The first-order valence-electron chi connectivity index (χ1n) is 8.59. The molecule has 0 fully saturated rings. The number of nitrogens with one attached hydrogen (secondary N) is 2. The van der Waals surface area contributed by atoms with Crippen LogP contribution in [0.4, 0.5) is 0 Å². The first-order valence-corrected chi connectivity index (χ1v) is 8.59. The Morgan fingerprint density at radius 2 is 2.08 bits per heavy atom. The molecule has 0 saturated heterocycles. The second-order valence-corrected chi connectivity index (χ2v) is 6.39. The Morgan fingerprint density at radius 3 is 2.77 bits per heavy atom. The molecule has 140 valence electrons. The Kier molecular flexibility index (Phi) is 9.64. The van der Waals surface area contributed by atoms with Gasteiger partial charge in [0.1, 0.15) is 0 Å². The highest BCUT2D eigenvalue weighted by molar-refractivity contribution is 5.95. The fraction of sp³-hybridized carbons (Fsp3) is 0.350. The number of allylic oxidation sites excluding steroid dienone is 2. The van der Waals surface area contributed by atoms with E-state index in [9.17, 15) is 9.59 Å². The zero-order chi connectivity index (χ0) is 19.4. The van der Waals surface area contributed by atoms with E-state index in [-0.39, 0.29) is 5.91 Å². The summed E-state index contributed by atoms with van der Waals surface area (Å²) in [5.41, 5.74) is 6.44. The van der Waals surface area contributed by atoms with Crippen LogP contribution >= 0.6 is 0 Å². The Bertz CT molecular complexity index is 689. The number of benzene rings is 1. The number of rotatable bonds is 9. The zero-order valence-electron chi connectivity index (χ0n) is 15.5. The number of carbonyl (C=O) groups is 2. The van der Waals surface area contributed by atoms with Gasteiger partial charge in [0.05, 0.1) is 0 Å². The Labute approximate surface area is 154 Å². The zero-order valence-corrected chi connectivity index (χ0v) is 15.5. The van der Waals surface area contributed by atoms with E-state index in [0.29, 0.717) is 17.0 Å².